The summed E-state index contributed by atoms with van der Waals surface area (Å²) >= 11 is 0. The molecule has 25 heavy (non-hydrogen) atoms. The van der Waals surface area contributed by atoms with Gasteiger partial charge < -0.3 is 4.74 Å². The van der Waals surface area contributed by atoms with Crippen LogP contribution in [0.2, 0.25) is 0 Å². The van der Waals surface area contributed by atoms with Crippen LogP contribution in [0.15, 0.2) is 36.7 Å². The van der Waals surface area contributed by atoms with E-state index in [-0.39, 0.29) is 11.9 Å². The van der Waals surface area contributed by atoms with Gasteiger partial charge >= 0.3 is 0 Å². The molecule has 0 bridgehead atoms. The van der Waals surface area contributed by atoms with Crippen LogP contribution in [-0.4, -0.2) is 34.1 Å². The Bertz CT molecular complexity index is 669. The molecule has 3 rings (SSSR count). The SMILES string of the molecule is CC(C)c1ncc(CN(Cc2ccccc2F)CC2CCCO2)cn1. The fraction of sp³-hybridized carbons (Fsp3) is 0.500. The molecular weight excluding hydrogens is 317 g/mol. The Labute approximate surface area is 149 Å². The summed E-state index contributed by atoms with van der Waals surface area (Å²) in [6.07, 6.45) is 6.15. The van der Waals surface area contributed by atoms with Crippen molar-refractivity contribution in [2.45, 2.75) is 51.8 Å². The summed E-state index contributed by atoms with van der Waals surface area (Å²) in [6.45, 7) is 7.02. The number of rotatable bonds is 7. The summed E-state index contributed by atoms with van der Waals surface area (Å²) in [4.78, 5) is 11.1. The van der Waals surface area contributed by atoms with Gasteiger partial charge in [-0.25, -0.2) is 14.4 Å². The predicted molar refractivity (Wildman–Crippen MR) is 95.6 cm³/mol. The number of aromatic nitrogens is 2. The van der Waals surface area contributed by atoms with Gasteiger partial charge in [-0.05, 0) is 18.9 Å². The Morgan fingerprint density at radius 1 is 1.20 bits per heavy atom. The zero-order chi connectivity index (χ0) is 17.6. The average Bonchev–Trinajstić information content (AvgIpc) is 3.10. The van der Waals surface area contributed by atoms with E-state index in [1.165, 1.54) is 6.07 Å². The first-order valence-corrected chi connectivity index (χ1v) is 9.00. The molecule has 1 fully saturated rings. The van der Waals surface area contributed by atoms with Crippen LogP contribution in [0.1, 0.15) is 49.6 Å². The maximum Gasteiger partial charge on any atom is 0.130 e. The molecule has 0 amide bonds. The molecule has 0 N–H and O–H groups in total. The lowest BCUT2D eigenvalue weighted by atomic mass is 10.1. The smallest absolute Gasteiger partial charge is 0.130 e. The lowest BCUT2D eigenvalue weighted by Crippen LogP contribution is -2.32. The molecule has 1 unspecified atom stereocenters. The lowest BCUT2D eigenvalue weighted by Gasteiger charge is -2.25. The van der Waals surface area contributed by atoms with E-state index in [1.807, 2.05) is 24.5 Å². The van der Waals surface area contributed by atoms with Crippen LogP contribution in [0.3, 0.4) is 0 Å². The molecule has 0 saturated carbocycles. The van der Waals surface area contributed by atoms with Crippen molar-refractivity contribution in [2.75, 3.05) is 13.2 Å². The predicted octanol–water partition coefficient (Wildman–Crippen LogP) is 3.92. The molecule has 1 aliphatic heterocycles. The summed E-state index contributed by atoms with van der Waals surface area (Å²) in [7, 11) is 0. The third-order valence-corrected chi connectivity index (χ3v) is 4.49. The highest BCUT2D eigenvalue weighted by atomic mass is 19.1. The van der Waals surface area contributed by atoms with Crippen molar-refractivity contribution >= 4 is 0 Å². The highest BCUT2D eigenvalue weighted by Gasteiger charge is 2.20. The molecule has 134 valence electrons. The molecule has 0 spiro atoms. The molecule has 1 aliphatic rings. The van der Waals surface area contributed by atoms with Gasteiger partial charge in [-0.2, -0.15) is 0 Å². The Morgan fingerprint density at radius 2 is 1.96 bits per heavy atom. The Hall–Kier alpha value is -1.85. The maximum atomic E-state index is 14.1. The van der Waals surface area contributed by atoms with Gasteiger partial charge in [-0.15, -0.1) is 0 Å². The van der Waals surface area contributed by atoms with Gasteiger partial charge in [0.25, 0.3) is 0 Å². The minimum atomic E-state index is -0.161. The Morgan fingerprint density at radius 3 is 2.60 bits per heavy atom. The fourth-order valence-corrected chi connectivity index (χ4v) is 3.13. The van der Waals surface area contributed by atoms with Gasteiger partial charge in [0.15, 0.2) is 0 Å². The van der Waals surface area contributed by atoms with E-state index in [0.717, 1.165) is 37.4 Å². The molecule has 0 radical (unpaired) electrons. The molecular formula is C20H26FN3O. The third kappa shape index (κ3) is 5.06. The summed E-state index contributed by atoms with van der Waals surface area (Å²) in [5, 5.41) is 0. The van der Waals surface area contributed by atoms with Crippen molar-refractivity contribution in [2.24, 2.45) is 0 Å². The van der Waals surface area contributed by atoms with Gasteiger partial charge in [-0.3, -0.25) is 4.90 Å². The van der Waals surface area contributed by atoms with Crippen LogP contribution in [0.4, 0.5) is 4.39 Å². The summed E-state index contributed by atoms with van der Waals surface area (Å²) in [6, 6.07) is 6.96. The molecule has 1 saturated heterocycles. The second-order valence-electron chi connectivity index (χ2n) is 7.00. The number of hydrogen-bond acceptors (Lipinski definition) is 4. The summed E-state index contributed by atoms with van der Waals surface area (Å²) < 4.78 is 19.8. The zero-order valence-electron chi connectivity index (χ0n) is 15.0. The van der Waals surface area contributed by atoms with E-state index < -0.39 is 0 Å². The molecule has 4 nitrogen and oxygen atoms in total. The van der Waals surface area contributed by atoms with Crippen LogP contribution in [0.5, 0.6) is 0 Å². The topological polar surface area (TPSA) is 38.2 Å². The Kier molecular flexibility index (Phi) is 6.10. The second-order valence-corrected chi connectivity index (χ2v) is 7.00. The normalized spacial score (nSPS) is 17.6. The van der Waals surface area contributed by atoms with Crippen molar-refractivity contribution in [1.82, 2.24) is 14.9 Å². The highest BCUT2D eigenvalue weighted by molar-refractivity contribution is 5.17. The monoisotopic (exact) mass is 343 g/mol. The first-order valence-electron chi connectivity index (χ1n) is 9.00. The van der Waals surface area contributed by atoms with Crippen molar-refractivity contribution in [3.8, 4) is 0 Å². The lowest BCUT2D eigenvalue weighted by molar-refractivity contribution is 0.0674. The summed E-state index contributed by atoms with van der Waals surface area (Å²) in [5.74, 6) is 1.00. The molecule has 1 aromatic carbocycles. The number of hydrogen-bond donors (Lipinski definition) is 0. The zero-order valence-corrected chi connectivity index (χ0v) is 15.0. The van der Waals surface area contributed by atoms with E-state index in [1.54, 1.807) is 6.07 Å². The van der Waals surface area contributed by atoms with E-state index in [0.29, 0.717) is 24.6 Å². The highest BCUT2D eigenvalue weighted by Crippen LogP contribution is 2.18. The standard InChI is InChI=1S/C20H26FN3O/c1-15(2)20-22-10-16(11-23-20)12-24(14-18-7-5-9-25-18)13-17-6-3-4-8-19(17)21/h3-4,6,8,10-11,15,18H,5,7,9,12-14H2,1-2H3. The second kappa shape index (κ2) is 8.50. The van der Waals surface area contributed by atoms with Crippen LogP contribution in [-0.2, 0) is 17.8 Å². The molecule has 2 aromatic rings. The van der Waals surface area contributed by atoms with Gasteiger partial charge in [0, 0.05) is 55.7 Å². The molecule has 5 heteroatoms. The molecule has 1 atom stereocenters. The number of ether oxygens (including phenoxy) is 1. The van der Waals surface area contributed by atoms with Crippen LogP contribution in [0, 0.1) is 5.82 Å². The third-order valence-electron chi connectivity index (χ3n) is 4.49. The average molecular weight is 343 g/mol. The van der Waals surface area contributed by atoms with Crippen LogP contribution < -0.4 is 0 Å². The fourth-order valence-electron chi connectivity index (χ4n) is 3.13. The maximum absolute atomic E-state index is 14.1. The van der Waals surface area contributed by atoms with E-state index in [2.05, 4.69) is 28.7 Å². The van der Waals surface area contributed by atoms with Gasteiger partial charge in [0.1, 0.15) is 11.6 Å². The van der Waals surface area contributed by atoms with Crippen LogP contribution >= 0.6 is 0 Å². The van der Waals surface area contributed by atoms with Gasteiger partial charge in [-0.1, -0.05) is 32.0 Å². The Balaban J connectivity index is 1.72. The summed E-state index contributed by atoms with van der Waals surface area (Å²) in [5.41, 5.74) is 1.75. The number of halogens is 1. The minimum absolute atomic E-state index is 0.161. The minimum Gasteiger partial charge on any atom is -0.377 e. The molecule has 0 aliphatic carbocycles. The van der Waals surface area contributed by atoms with E-state index in [4.69, 9.17) is 4.74 Å². The number of nitrogens with zero attached hydrogens (tertiary/aromatic N) is 3. The van der Waals surface area contributed by atoms with Crippen LogP contribution in [0.25, 0.3) is 0 Å². The number of benzene rings is 1. The molecule has 2 heterocycles. The van der Waals surface area contributed by atoms with E-state index in [9.17, 15) is 4.39 Å². The first-order chi connectivity index (χ1) is 12.1. The van der Waals surface area contributed by atoms with Crippen molar-refractivity contribution in [3.05, 3.63) is 59.4 Å². The first kappa shape index (κ1) is 18.0. The van der Waals surface area contributed by atoms with Gasteiger partial charge in [0.2, 0.25) is 0 Å². The van der Waals surface area contributed by atoms with E-state index >= 15 is 0 Å². The molecule has 1 aromatic heterocycles. The van der Waals surface area contributed by atoms with Gasteiger partial charge in [0.05, 0.1) is 6.10 Å². The van der Waals surface area contributed by atoms with Crippen molar-refractivity contribution < 1.29 is 9.13 Å². The van der Waals surface area contributed by atoms with Crippen molar-refractivity contribution in [3.63, 3.8) is 0 Å². The van der Waals surface area contributed by atoms with Crippen molar-refractivity contribution in [1.29, 1.82) is 0 Å². The largest absolute Gasteiger partial charge is 0.377 e. The quantitative estimate of drug-likeness (QED) is 0.764.